The van der Waals surface area contributed by atoms with Crippen LogP contribution in [0.2, 0.25) is 0 Å². The van der Waals surface area contributed by atoms with Crippen LogP contribution in [0.4, 0.5) is 5.69 Å². The second-order valence-corrected chi connectivity index (χ2v) is 4.80. The van der Waals surface area contributed by atoms with Gasteiger partial charge in [-0.15, -0.1) is 0 Å². The number of aliphatic carboxylic acids is 1. The molecule has 20 heavy (non-hydrogen) atoms. The summed E-state index contributed by atoms with van der Waals surface area (Å²) in [7, 11) is 0. The molecule has 0 saturated heterocycles. The van der Waals surface area contributed by atoms with Crippen molar-refractivity contribution < 1.29 is 9.90 Å². The van der Waals surface area contributed by atoms with Crippen molar-refractivity contribution in [2.45, 2.75) is 12.5 Å². The van der Waals surface area contributed by atoms with Gasteiger partial charge in [0, 0.05) is 24.2 Å². The highest BCUT2D eigenvalue weighted by Gasteiger charge is 2.17. The Morgan fingerprint density at radius 1 is 1.50 bits per heavy atom. The zero-order valence-electron chi connectivity index (χ0n) is 10.8. The number of nitrogens with zero attached hydrogens (tertiary/aromatic N) is 1. The van der Waals surface area contributed by atoms with Gasteiger partial charge in [-0.25, -0.2) is 0 Å². The third-order valence-electron chi connectivity index (χ3n) is 3.46. The van der Waals surface area contributed by atoms with E-state index in [4.69, 9.17) is 10.8 Å². The molecule has 6 heteroatoms. The average molecular weight is 272 g/mol. The van der Waals surface area contributed by atoms with Crippen molar-refractivity contribution in [3.05, 3.63) is 42.2 Å². The van der Waals surface area contributed by atoms with Crippen LogP contribution in [-0.2, 0) is 11.2 Å². The average Bonchev–Trinajstić information content (AvgIpc) is 3.08. The summed E-state index contributed by atoms with van der Waals surface area (Å²) in [4.78, 5) is 14.1. The fourth-order valence-corrected chi connectivity index (χ4v) is 2.44. The zero-order chi connectivity index (χ0) is 14.1. The highest BCUT2D eigenvalue weighted by molar-refractivity contribution is 5.94. The molecule has 1 aliphatic heterocycles. The molecular weight excluding hydrogens is 256 g/mol. The first-order valence-corrected chi connectivity index (χ1v) is 6.43. The minimum absolute atomic E-state index is 0.310. The number of hydrogen-bond acceptors (Lipinski definition) is 4. The summed E-state index contributed by atoms with van der Waals surface area (Å²) in [5.41, 5.74) is 11.7. The van der Waals surface area contributed by atoms with E-state index in [1.54, 1.807) is 0 Å². The topological polar surface area (TPSA) is 94.4 Å². The van der Waals surface area contributed by atoms with E-state index in [1.807, 2.05) is 41.7 Å². The lowest BCUT2D eigenvalue weighted by atomic mass is 10.1. The molecule has 0 saturated carbocycles. The van der Waals surface area contributed by atoms with E-state index in [2.05, 4.69) is 10.4 Å². The Balaban J connectivity index is 1.96. The summed E-state index contributed by atoms with van der Waals surface area (Å²) < 4.78 is 0. The molecule has 1 aliphatic rings. The number of aromatic amines is 1. The molecule has 2 heterocycles. The molecule has 0 spiro atoms. The van der Waals surface area contributed by atoms with Crippen LogP contribution < -0.4 is 16.2 Å². The molecule has 1 aromatic heterocycles. The van der Waals surface area contributed by atoms with Crippen LogP contribution >= 0.6 is 0 Å². The molecule has 5 N–H and O–H groups in total. The number of rotatable bonds is 4. The van der Waals surface area contributed by atoms with Gasteiger partial charge in [0.25, 0.3) is 0 Å². The number of H-pyrrole nitrogens is 1. The van der Waals surface area contributed by atoms with E-state index in [1.165, 1.54) is 0 Å². The Hall–Kier alpha value is -2.47. The number of anilines is 1. The van der Waals surface area contributed by atoms with Gasteiger partial charge < -0.3 is 21.2 Å². The van der Waals surface area contributed by atoms with Crippen molar-refractivity contribution in [2.75, 3.05) is 11.6 Å². The number of carboxylic acids is 1. The molecule has 6 nitrogen and oxygen atoms in total. The van der Waals surface area contributed by atoms with Gasteiger partial charge in [-0.2, -0.15) is 0 Å². The Morgan fingerprint density at radius 2 is 2.35 bits per heavy atom. The molecule has 1 unspecified atom stereocenters. The number of aromatic nitrogens is 1. The molecule has 0 fully saturated rings. The van der Waals surface area contributed by atoms with Gasteiger partial charge in [-0.05, 0) is 17.7 Å². The number of nitrogens with one attached hydrogen (secondary N) is 2. The third kappa shape index (κ3) is 2.10. The number of fused-ring (bicyclic) bond motifs is 1. The van der Waals surface area contributed by atoms with E-state index in [0.29, 0.717) is 6.42 Å². The molecule has 0 radical (unpaired) electrons. The van der Waals surface area contributed by atoms with Crippen molar-refractivity contribution in [1.29, 1.82) is 0 Å². The Morgan fingerprint density at radius 3 is 3.05 bits per heavy atom. The number of carboxylic acid groups (broad SMARTS) is 1. The van der Waals surface area contributed by atoms with Gasteiger partial charge in [0.15, 0.2) is 0 Å². The number of hydrazine groups is 1. The molecule has 2 aromatic rings. The largest absolute Gasteiger partial charge is 0.480 e. The second-order valence-electron chi connectivity index (χ2n) is 4.80. The van der Waals surface area contributed by atoms with Crippen LogP contribution in [0.1, 0.15) is 5.56 Å². The lowest BCUT2D eigenvalue weighted by Crippen LogP contribution is -2.32. The van der Waals surface area contributed by atoms with Crippen molar-refractivity contribution in [1.82, 2.24) is 10.4 Å². The van der Waals surface area contributed by atoms with E-state index < -0.39 is 12.0 Å². The van der Waals surface area contributed by atoms with Crippen LogP contribution in [0.25, 0.3) is 10.9 Å². The van der Waals surface area contributed by atoms with Crippen LogP contribution in [0.3, 0.4) is 0 Å². The lowest BCUT2D eigenvalue weighted by molar-refractivity contribution is -0.138. The Bertz CT molecular complexity index is 669. The van der Waals surface area contributed by atoms with Crippen molar-refractivity contribution in [3.63, 3.8) is 0 Å². The maximum atomic E-state index is 10.9. The molecule has 3 rings (SSSR count). The fourth-order valence-electron chi connectivity index (χ4n) is 2.44. The molecule has 0 aliphatic carbocycles. The standard InChI is InChI=1S/C14H16N4O2/c15-11(14(19)20)7-9-8-16-13-10(9)3-1-4-12(13)18-6-2-5-17-18/h1-5,8,11,16-17H,6-7,15H2,(H,19,20). The van der Waals surface area contributed by atoms with Crippen LogP contribution in [0, 0.1) is 0 Å². The molecule has 104 valence electrons. The van der Waals surface area contributed by atoms with Gasteiger partial charge in [0.05, 0.1) is 17.7 Å². The van der Waals surface area contributed by atoms with E-state index in [-0.39, 0.29) is 0 Å². The van der Waals surface area contributed by atoms with Crippen molar-refractivity contribution in [3.8, 4) is 0 Å². The highest BCUT2D eigenvalue weighted by Crippen LogP contribution is 2.28. The quantitative estimate of drug-likeness (QED) is 0.665. The summed E-state index contributed by atoms with van der Waals surface area (Å²) in [5.74, 6) is -0.985. The number of para-hydroxylation sites is 1. The Labute approximate surface area is 115 Å². The SMILES string of the molecule is NC(Cc1c[nH]c2c(N3CC=CN3)cccc12)C(=O)O. The van der Waals surface area contributed by atoms with E-state index >= 15 is 0 Å². The Kier molecular flexibility index (Phi) is 3.08. The summed E-state index contributed by atoms with van der Waals surface area (Å²) in [6.45, 7) is 0.794. The van der Waals surface area contributed by atoms with Gasteiger partial charge >= 0.3 is 5.97 Å². The van der Waals surface area contributed by atoms with E-state index in [9.17, 15) is 4.79 Å². The zero-order valence-corrected chi connectivity index (χ0v) is 10.8. The van der Waals surface area contributed by atoms with Gasteiger partial charge in [-0.1, -0.05) is 12.1 Å². The summed E-state index contributed by atoms with van der Waals surface area (Å²) in [6, 6.07) is 5.06. The van der Waals surface area contributed by atoms with Gasteiger partial charge in [-0.3, -0.25) is 9.80 Å². The van der Waals surface area contributed by atoms with Crippen molar-refractivity contribution >= 4 is 22.6 Å². The maximum absolute atomic E-state index is 10.9. The lowest BCUT2D eigenvalue weighted by Gasteiger charge is -2.19. The van der Waals surface area contributed by atoms with Gasteiger partial charge in [0.2, 0.25) is 0 Å². The van der Waals surface area contributed by atoms with Crippen LogP contribution in [0.15, 0.2) is 36.7 Å². The first kappa shape index (κ1) is 12.6. The number of carbonyl (C=O) groups is 1. The molecular formula is C14H16N4O2. The third-order valence-corrected chi connectivity index (χ3v) is 3.46. The van der Waals surface area contributed by atoms with Crippen LogP contribution in [0.5, 0.6) is 0 Å². The summed E-state index contributed by atoms with van der Waals surface area (Å²) >= 11 is 0. The predicted molar refractivity (Wildman–Crippen MR) is 77.2 cm³/mol. The first-order valence-electron chi connectivity index (χ1n) is 6.43. The highest BCUT2D eigenvalue weighted by atomic mass is 16.4. The molecule has 0 amide bonds. The molecule has 1 atom stereocenters. The monoisotopic (exact) mass is 272 g/mol. The summed E-state index contributed by atoms with van der Waals surface area (Å²) in [5, 5.41) is 11.9. The smallest absolute Gasteiger partial charge is 0.320 e. The normalized spacial score (nSPS) is 15.6. The van der Waals surface area contributed by atoms with Crippen molar-refractivity contribution in [2.24, 2.45) is 5.73 Å². The minimum atomic E-state index is -0.985. The summed E-state index contributed by atoms with van der Waals surface area (Å²) in [6.07, 6.45) is 6.07. The van der Waals surface area contributed by atoms with Gasteiger partial charge in [0.1, 0.15) is 6.04 Å². The number of hydrogen-bond donors (Lipinski definition) is 4. The second kappa shape index (κ2) is 4.90. The number of nitrogens with two attached hydrogens (primary N) is 1. The molecule has 1 aromatic carbocycles. The number of benzene rings is 1. The first-order chi connectivity index (χ1) is 9.66. The van der Waals surface area contributed by atoms with Crippen LogP contribution in [-0.4, -0.2) is 28.6 Å². The fraction of sp³-hybridized carbons (Fsp3) is 0.214. The minimum Gasteiger partial charge on any atom is -0.480 e. The maximum Gasteiger partial charge on any atom is 0.320 e. The molecule has 0 bridgehead atoms. The van der Waals surface area contributed by atoms with E-state index in [0.717, 1.165) is 28.7 Å². The predicted octanol–water partition coefficient (Wildman–Crippen LogP) is 0.961.